The predicted octanol–water partition coefficient (Wildman–Crippen LogP) is 5.73. The number of nitrogens with zero attached hydrogens (tertiary/aromatic N) is 1. The highest BCUT2D eigenvalue weighted by Gasteiger charge is 2.16. The molecule has 1 atom stereocenters. The molecule has 0 aliphatic rings. The third-order valence-corrected chi connectivity index (χ3v) is 3.98. The minimum absolute atomic E-state index is 0.333. The van der Waals surface area contributed by atoms with Gasteiger partial charge in [-0.15, -0.1) is 0 Å². The van der Waals surface area contributed by atoms with Gasteiger partial charge in [-0.1, -0.05) is 36.9 Å². The summed E-state index contributed by atoms with van der Waals surface area (Å²) in [7, 11) is 0. The Morgan fingerprint density at radius 3 is 2.64 bits per heavy atom. The average Bonchev–Trinajstić information content (AvgIpc) is 2.61. The molecule has 128 valence electrons. The van der Waals surface area contributed by atoms with Crippen molar-refractivity contribution in [2.75, 3.05) is 5.32 Å². The van der Waals surface area contributed by atoms with Crippen LogP contribution in [0.5, 0.6) is 5.75 Å². The second-order valence-electron chi connectivity index (χ2n) is 5.65. The lowest BCUT2D eigenvalue weighted by atomic mass is 10.1. The van der Waals surface area contributed by atoms with Gasteiger partial charge in [0, 0.05) is 11.3 Å². The van der Waals surface area contributed by atoms with Crippen LogP contribution >= 0.6 is 0 Å². The number of hydrogen-bond donors (Lipinski definition) is 1. The first-order valence-corrected chi connectivity index (χ1v) is 8.01. The van der Waals surface area contributed by atoms with E-state index < -0.39 is 6.10 Å². The number of benzene rings is 2. The SMILES string of the molecule is C=C(Nc1cccc(OC(C)c2ccccc2F)c1C#N)/C(C)=C\C. The summed E-state index contributed by atoms with van der Waals surface area (Å²) in [5.74, 6) is 0.0639. The summed E-state index contributed by atoms with van der Waals surface area (Å²) in [6.07, 6.45) is 1.41. The number of halogens is 1. The molecule has 3 nitrogen and oxygen atoms in total. The van der Waals surface area contributed by atoms with Crippen LogP contribution in [0.1, 0.15) is 38.0 Å². The van der Waals surface area contributed by atoms with Crippen molar-refractivity contribution in [1.82, 2.24) is 0 Å². The van der Waals surface area contributed by atoms with Gasteiger partial charge in [0.15, 0.2) is 0 Å². The van der Waals surface area contributed by atoms with Gasteiger partial charge in [-0.25, -0.2) is 4.39 Å². The monoisotopic (exact) mass is 336 g/mol. The predicted molar refractivity (Wildman–Crippen MR) is 98.8 cm³/mol. The van der Waals surface area contributed by atoms with Crippen LogP contribution < -0.4 is 10.1 Å². The first-order chi connectivity index (χ1) is 12.0. The molecule has 0 radical (unpaired) electrons. The number of allylic oxidation sites excluding steroid dienone is 2. The van der Waals surface area contributed by atoms with Crippen LogP contribution in [-0.4, -0.2) is 0 Å². The molecule has 25 heavy (non-hydrogen) atoms. The van der Waals surface area contributed by atoms with E-state index in [2.05, 4.69) is 18.0 Å². The van der Waals surface area contributed by atoms with E-state index in [4.69, 9.17) is 4.74 Å². The Balaban J connectivity index is 2.30. The van der Waals surface area contributed by atoms with E-state index in [1.165, 1.54) is 6.07 Å². The van der Waals surface area contributed by atoms with Gasteiger partial charge in [-0.3, -0.25) is 0 Å². The fourth-order valence-corrected chi connectivity index (χ4v) is 2.34. The summed E-state index contributed by atoms with van der Waals surface area (Å²) in [4.78, 5) is 0. The van der Waals surface area contributed by atoms with Crippen molar-refractivity contribution in [1.29, 1.82) is 5.26 Å². The minimum atomic E-state index is -0.524. The molecule has 0 bridgehead atoms. The van der Waals surface area contributed by atoms with Gasteiger partial charge in [0.25, 0.3) is 0 Å². The average molecular weight is 336 g/mol. The van der Waals surface area contributed by atoms with Gasteiger partial charge in [-0.05, 0) is 44.5 Å². The lowest BCUT2D eigenvalue weighted by Crippen LogP contribution is -2.08. The molecule has 0 spiro atoms. The Kier molecular flexibility index (Phi) is 5.97. The molecule has 4 heteroatoms. The molecule has 0 saturated heterocycles. The van der Waals surface area contributed by atoms with Gasteiger partial charge < -0.3 is 10.1 Å². The lowest BCUT2D eigenvalue weighted by molar-refractivity contribution is 0.221. The second kappa shape index (κ2) is 8.16. The standard InChI is InChI=1S/C21H21FN2O/c1-5-14(2)15(3)24-20-11-8-12-21(18(20)13-23)25-16(4)17-9-6-7-10-19(17)22/h5-12,16,24H,3H2,1-2,4H3/b14-5-. The van der Waals surface area contributed by atoms with Crippen molar-refractivity contribution in [3.8, 4) is 11.8 Å². The Bertz CT molecular complexity index is 849. The first kappa shape index (κ1) is 18.3. The van der Waals surface area contributed by atoms with Gasteiger partial charge in [-0.2, -0.15) is 5.26 Å². The molecule has 2 aromatic carbocycles. The minimum Gasteiger partial charge on any atom is -0.484 e. The quantitative estimate of drug-likeness (QED) is 0.685. The molecule has 0 aromatic heterocycles. The molecular formula is C21H21FN2O. The van der Waals surface area contributed by atoms with E-state index in [1.807, 2.05) is 19.9 Å². The summed E-state index contributed by atoms with van der Waals surface area (Å²) in [5, 5.41) is 12.7. The molecule has 1 unspecified atom stereocenters. The van der Waals surface area contributed by atoms with Crippen LogP contribution in [0.2, 0.25) is 0 Å². The number of anilines is 1. The van der Waals surface area contributed by atoms with E-state index in [0.29, 0.717) is 28.3 Å². The van der Waals surface area contributed by atoms with Crippen molar-refractivity contribution in [3.05, 3.63) is 83.3 Å². The van der Waals surface area contributed by atoms with Gasteiger partial charge >= 0.3 is 0 Å². The highest BCUT2D eigenvalue weighted by atomic mass is 19.1. The third-order valence-electron chi connectivity index (χ3n) is 3.98. The summed E-state index contributed by atoms with van der Waals surface area (Å²) < 4.78 is 19.8. The molecule has 0 heterocycles. The van der Waals surface area contributed by atoms with Crippen molar-refractivity contribution >= 4 is 5.69 Å². The number of nitriles is 1. The van der Waals surface area contributed by atoms with Crippen LogP contribution in [0.3, 0.4) is 0 Å². The van der Waals surface area contributed by atoms with Crippen LogP contribution in [0.25, 0.3) is 0 Å². The zero-order valence-electron chi connectivity index (χ0n) is 14.6. The van der Waals surface area contributed by atoms with Gasteiger partial charge in [0.1, 0.15) is 29.3 Å². The van der Waals surface area contributed by atoms with E-state index in [-0.39, 0.29) is 5.82 Å². The Labute approximate surface area is 148 Å². The largest absolute Gasteiger partial charge is 0.484 e. The number of hydrogen-bond acceptors (Lipinski definition) is 3. The molecule has 2 rings (SSSR count). The molecule has 1 N–H and O–H groups in total. The highest BCUT2D eigenvalue weighted by molar-refractivity contribution is 5.67. The fourth-order valence-electron chi connectivity index (χ4n) is 2.34. The molecule has 2 aromatic rings. The van der Waals surface area contributed by atoms with Crippen molar-refractivity contribution < 1.29 is 9.13 Å². The zero-order chi connectivity index (χ0) is 18.4. The number of rotatable bonds is 6. The molecule has 0 amide bonds. The van der Waals surface area contributed by atoms with E-state index >= 15 is 0 Å². The summed E-state index contributed by atoms with van der Waals surface area (Å²) in [5.41, 5.74) is 3.09. The van der Waals surface area contributed by atoms with Crippen molar-refractivity contribution in [2.45, 2.75) is 26.9 Å². The van der Waals surface area contributed by atoms with Crippen molar-refractivity contribution in [3.63, 3.8) is 0 Å². The van der Waals surface area contributed by atoms with Crippen molar-refractivity contribution in [2.24, 2.45) is 0 Å². The topological polar surface area (TPSA) is 45.0 Å². The van der Waals surface area contributed by atoms with Crippen LogP contribution in [0.15, 0.2) is 66.4 Å². The Morgan fingerprint density at radius 1 is 1.28 bits per heavy atom. The maximum atomic E-state index is 13.9. The first-order valence-electron chi connectivity index (χ1n) is 8.01. The van der Waals surface area contributed by atoms with Crippen LogP contribution in [0.4, 0.5) is 10.1 Å². The zero-order valence-corrected chi connectivity index (χ0v) is 14.6. The van der Waals surface area contributed by atoms with E-state index in [9.17, 15) is 9.65 Å². The molecular weight excluding hydrogens is 315 g/mol. The lowest BCUT2D eigenvalue weighted by Gasteiger charge is -2.19. The maximum Gasteiger partial charge on any atom is 0.140 e. The second-order valence-corrected chi connectivity index (χ2v) is 5.65. The summed E-state index contributed by atoms with van der Waals surface area (Å²) >= 11 is 0. The van der Waals surface area contributed by atoms with E-state index in [1.54, 1.807) is 43.3 Å². The van der Waals surface area contributed by atoms with Gasteiger partial charge in [0.05, 0.1) is 5.69 Å². The number of nitrogens with one attached hydrogen (secondary N) is 1. The molecule has 0 aliphatic heterocycles. The third kappa shape index (κ3) is 4.27. The van der Waals surface area contributed by atoms with Crippen LogP contribution in [-0.2, 0) is 0 Å². The number of ether oxygens (including phenoxy) is 1. The van der Waals surface area contributed by atoms with E-state index in [0.717, 1.165) is 5.57 Å². The Morgan fingerprint density at radius 2 is 2.00 bits per heavy atom. The Hall–Kier alpha value is -3.06. The molecule has 0 aliphatic carbocycles. The molecule has 0 fully saturated rings. The van der Waals surface area contributed by atoms with Crippen LogP contribution in [0, 0.1) is 17.1 Å². The summed E-state index contributed by atoms with van der Waals surface area (Å²) in [6.45, 7) is 9.57. The highest BCUT2D eigenvalue weighted by Crippen LogP contribution is 2.31. The smallest absolute Gasteiger partial charge is 0.140 e. The van der Waals surface area contributed by atoms with Gasteiger partial charge in [0.2, 0.25) is 0 Å². The summed E-state index contributed by atoms with van der Waals surface area (Å²) in [6, 6.07) is 13.9. The molecule has 0 saturated carbocycles. The fraction of sp³-hybridized carbons (Fsp3) is 0.190. The normalized spacial score (nSPS) is 12.2. The maximum absolute atomic E-state index is 13.9.